The Bertz CT molecular complexity index is 915. The smallest absolute Gasteiger partial charge is 0.411 e. The number of carbonyl (C=O) groups excluding carboxylic acids is 3. The van der Waals surface area contributed by atoms with E-state index in [2.05, 4.69) is 0 Å². The van der Waals surface area contributed by atoms with Gasteiger partial charge < -0.3 is 14.3 Å². The molecule has 0 N–H and O–H groups in total. The summed E-state index contributed by atoms with van der Waals surface area (Å²) < 4.78 is 10.6. The van der Waals surface area contributed by atoms with Crippen LogP contribution in [-0.4, -0.2) is 48.4 Å². The van der Waals surface area contributed by atoms with Crippen LogP contribution in [0, 0.1) is 0 Å². The van der Waals surface area contributed by atoms with E-state index in [0.717, 1.165) is 11.8 Å². The van der Waals surface area contributed by atoms with Crippen LogP contribution in [0.1, 0.15) is 18.4 Å². The number of β-lactam (4-membered cyclic amide) rings is 1. The second-order valence-electron chi connectivity index (χ2n) is 7.17. The Hall–Kier alpha value is -3.35. The van der Waals surface area contributed by atoms with Gasteiger partial charge in [0.15, 0.2) is 5.54 Å². The van der Waals surface area contributed by atoms with E-state index in [0.29, 0.717) is 30.8 Å². The molecule has 0 unspecified atom stereocenters. The van der Waals surface area contributed by atoms with Gasteiger partial charge in [-0.2, -0.15) is 0 Å². The number of hydrogen-bond donors (Lipinski definition) is 0. The van der Waals surface area contributed by atoms with Crippen LogP contribution in [-0.2, 0) is 20.9 Å². The number of hydrogen-bond acceptors (Lipinski definition) is 5. The van der Waals surface area contributed by atoms with Crippen LogP contribution < -0.4 is 9.64 Å². The topological polar surface area (TPSA) is 76.2 Å². The summed E-state index contributed by atoms with van der Waals surface area (Å²) in [6.07, 6.45) is 1.27. The third-order valence-corrected chi connectivity index (χ3v) is 5.68. The highest BCUT2D eigenvalue weighted by atomic mass is 16.6. The molecule has 2 aliphatic rings. The molecule has 2 aromatic rings. The lowest BCUT2D eigenvalue weighted by molar-refractivity contribution is -0.143. The zero-order chi connectivity index (χ0) is 20.4. The van der Waals surface area contributed by atoms with Gasteiger partial charge in [-0.15, -0.1) is 0 Å². The number of amides is 2. The van der Waals surface area contributed by atoms with Crippen molar-refractivity contribution in [2.24, 2.45) is 0 Å². The predicted molar refractivity (Wildman–Crippen MR) is 106 cm³/mol. The van der Waals surface area contributed by atoms with Gasteiger partial charge in [-0.3, -0.25) is 14.6 Å². The molecule has 0 aromatic heterocycles. The molecule has 2 atom stereocenters. The lowest BCUT2D eigenvalue weighted by Gasteiger charge is -2.54. The van der Waals surface area contributed by atoms with Gasteiger partial charge in [0.2, 0.25) is 0 Å². The number of anilines is 1. The number of likely N-dealkylation sites (tertiary alicyclic amines) is 1. The molecule has 2 aliphatic heterocycles. The van der Waals surface area contributed by atoms with Crippen LogP contribution >= 0.6 is 0 Å². The van der Waals surface area contributed by atoms with Crippen molar-refractivity contribution in [2.45, 2.75) is 31.0 Å². The highest BCUT2D eigenvalue weighted by molar-refractivity contribution is 6.15. The Morgan fingerprint density at radius 1 is 1.17 bits per heavy atom. The first-order chi connectivity index (χ1) is 14.1. The lowest BCUT2D eigenvalue weighted by Crippen LogP contribution is -2.80. The number of nitrogens with zero attached hydrogens (tertiary/aromatic N) is 2. The highest BCUT2D eigenvalue weighted by Gasteiger charge is 2.67. The molecule has 150 valence electrons. The minimum atomic E-state index is -1.16. The number of rotatable bonds is 5. The van der Waals surface area contributed by atoms with E-state index in [1.54, 1.807) is 31.4 Å². The molecule has 4 rings (SSSR count). The molecule has 2 aromatic carbocycles. The molecule has 2 heterocycles. The molecular formula is C22H22N2O5. The summed E-state index contributed by atoms with van der Waals surface area (Å²) in [4.78, 5) is 40.8. The Morgan fingerprint density at radius 2 is 1.90 bits per heavy atom. The number of methoxy groups -OCH3 is 1. The van der Waals surface area contributed by atoms with Crippen LogP contribution in [0.25, 0.3) is 0 Å². The van der Waals surface area contributed by atoms with Gasteiger partial charge in [-0.1, -0.05) is 30.3 Å². The molecule has 0 radical (unpaired) electrons. The average molecular weight is 394 g/mol. The summed E-state index contributed by atoms with van der Waals surface area (Å²) in [6.45, 7) is 0.508. The maximum Gasteiger partial charge on any atom is 0.411 e. The second kappa shape index (κ2) is 7.58. The van der Waals surface area contributed by atoms with Crippen LogP contribution in [0.2, 0.25) is 0 Å². The van der Waals surface area contributed by atoms with Crippen LogP contribution in [0.5, 0.6) is 5.75 Å². The quantitative estimate of drug-likeness (QED) is 0.576. The molecule has 2 saturated heterocycles. The fourth-order valence-electron chi connectivity index (χ4n) is 4.23. The van der Waals surface area contributed by atoms with Crippen molar-refractivity contribution in [1.82, 2.24) is 4.90 Å². The molecule has 1 spiro atoms. The Kier molecular flexibility index (Phi) is 4.96. The van der Waals surface area contributed by atoms with Gasteiger partial charge in [0.25, 0.3) is 5.91 Å². The van der Waals surface area contributed by atoms with Crippen molar-refractivity contribution < 1.29 is 23.9 Å². The largest absolute Gasteiger partial charge is 0.497 e. The summed E-state index contributed by atoms with van der Waals surface area (Å²) in [6, 6.07) is 15.5. The molecule has 2 amide bonds. The van der Waals surface area contributed by atoms with Crippen molar-refractivity contribution in [1.29, 1.82) is 0 Å². The molecule has 0 aliphatic carbocycles. The average Bonchev–Trinajstić information content (AvgIpc) is 3.24. The van der Waals surface area contributed by atoms with Crippen molar-refractivity contribution in [2.75, 3.05) is 18.6 Å². The highest BCUT2D eigenvalue weighted by Crippen LogP contribution is 2.46. The van der Waals surface area contributed by atoms with Crippen molar-refractivity contribution in [3.05, 3.63) is 60.2 Å². The number of benzene rings is 2. The van der Waals surface area contributed by atoms with Gasteiger partial charge in [0.05, 0.1) is 7.11 Å². The summed E-state index contributed by atoms with van der Waals surface area (Å²) in [5.74, 6) is 0.403. The molecule has 2 fully saturated rings. The molecule has 29 heavy (non-hydrogen) atoms. The maximum absolute atomic E-state index is 13.2. The maximum atomic E-state index is 13.2. The van der Waals surface area contributed by atoms with E-state index >= 15 is 0 Å². The van der Waals surface area contributed by atoms with Crippen molar-refractivity contribution in [3.63, 3.8) is 0 Å². The van der Waals surface area contributed by atoms with Gasteiger partial charge in [-0.05, 0) is 42.7 Å². The molecule has 0 saturated carbocycles. The van der Waals surface area contributed by atoms with Crippen molar-refractivity contribution in [3.8, 4) is 5.75 Å². The Labute approximate surface area is 168 Å². The summed E-state index contributed by atoms with van der Waals surface area (Å²) in [7, 11) is 1.56. The molecule has 7 heteroatoms. The first kappa shape index (κ1) is 19.0. The third-order valence-electron chi connectivity index (χ3n) is 5.68. The predicted octanol–water partition coefficient (Wildman–Crippen LogP) is 2.78. The van der Waals surface area contributed by atoms with E-state index < -0.39 is 17.7 Å². The monoisotopic (exact) mass is 394 g/mol. The fourth-order valence-corrected chi connectivity index (χ4v) is 4.23. The van der Waals surface area contributed by atoms with Crippen LogP contribution in [0.15, 0.2) is 54.6 Å². The molecular weight excluding hydrogens is 372 g/mol. The number of aldehydes is 1. The number of ether oxygens (including phenoxy) is 2. The van der Waals surface area contributed by atoms with Gasteiger partial charge in [-0.25, -0.2) is 4.79 Å². The minimum absolute atomic E-state index is 0.119. The first-order valence-electron chi connectivity index (χ1n) is 9.53. The van der Waals surface area contributed by atoms with E-state index in [4.69, 9.17) is 9.47 Å². The lowest BCUT2D eigenvalue weighted by atomic mass is 9.76. The van der Waals surface area contributed by atoms with Crippen LogP contribution in [0.3, 0.4) is 0 Å². The van der Waals surface area contributed by atoms with Crippen molar-refractivity contribution >= 4 is 24.0 Å². The standard InChI is InChI=1S/C22H22N2O5/c1-28-18-10-8-17(9-11-18)24-19(14-25)22(20(24)26)12-5-13-23(22)21(27)29-15-16-6-3-2-4-7-16/h2-4,6-11,14,19H,5,12-13,15H2,1H3/t19-,22+/m1/s1. The van der Waals surface area contributed by atoms with Crippen LogP contribution in [0.4, 0.5) is 10.5 Å². The first-order valence-corrected chi connectivity index (χ1v) is 9.53. The van der Waals surface area contributed by atoms with E-state index in [-0.39, 0.29) is 12.5 Å². The van der Waals surface area contributed by atoms with E-state index in [1.165, 1.54) is 9.80 Å². The molecule has 7 nitrogen and oxygen atoms in total. The summed E-state index contributed by atoms with van der Waals surface area (Å²) >= 11 is 0. The normalized spacial score (nSPS) is 23.1. The Balaban J connectivity index is 1.53. The number of carbonyl (C=O) groups is 3. The second-order valence-corrected chi connectivity index (χ2v) is 7.17. The fraction of sp³-hybridized carbons (Fsp3) is 0.318. The Morgan fingerprint density at radius 3 is 2.55 bits per heavy atom. The minimum Gasteiger partial charge on any atom is -0.497 e. The van der Waals surface area contributed by atoms with Gasteiger partial charge >= 0.3 is 6.09 Å². The third kappa shape index (κ3) is 3.03. The van der Waals surface area contributed by atoms with E-state index in [9.17, 15) is 14.4 Å². The molecule has 0 bridgehead atoms. The zero-order valence-electron chi connectivity index (χ0n) is 16.1. The van der Waals surface area contributed by atoms with Gasteiger partial charge in [0.1, 0.15) is 24.7 Å². The van der Waals surface area contributed by atoms with E-state index in [1.807, 2.05) is 30.3 Å². The zero-order valence-corrected chi connectivity index (χ0v) is 16.1. The summed E-state index contributed by atoms with van der Waals surface area (Å²) in [5, 5.41) is 0. The van der Waals surface area contributed by atoms with Gasteiger partial charge in [0, 0.05) is 12.2 Å². The SMILES string of the molecule is COc1ccc(N2C(=O)[C@]3(CCCN3C(=O)OCc3ccccc3)[C@H]2C=O)cc1. The summed E-state index contributed by atoms with van der Waals surface area (Å²) in [5.41, 5.74) is 0.305.